The summed E-state index contributed by atoms with van der Waals surface area (Å²) < 4.78 is 26.8. The molecule has 1 fully saturated rings. The monoisotopic (exact) mass is 308 g/mol. The van der Waals surface area contributed by atoms with E-state index in [1.165, 1.54) is 4.31 Å². The summed E-state index contributed by atoms with van der Waals surface area (Å²) in [5.41, 5.74) is 0.591. The molecule has 5 nitrogen and oxygen atoms in total. The summed E-state index contributed by atoms with van der Waals surface area (Å²) in [6, 6.07) is 6.81. The molecule has 114 valence electrons. The zero-order valence-corrected chi connectivity index (χ0v) is 13.1. The average molecular weight is 308 g/mol. The number of hydrogen-bond donors (Lipinski definition) is 1. The molecule has 0 radical (unpaired) electrons. The number of rotatable bonds is 3. The van der Waals surface area contributed by atoms with Crippen molar-refractivity contribution in [3.8, 4) is 11.8 Å². The van der Waals surface area contributed by atoms with Gasteiger partial charge in [-0.2, -0.15) is 4.31 Å². The molecule has 1 aromatic rings. The van der Waals surface area contributed by atoms with Gasteiger partial charge in [-0.1, -0.05) is 17.9 Å². The van der Waals surface area contributed by atoms with Crippen molar-refractivity contribution in [3.63, 3.8) is 0 Å². The van der Waals surface area contributed by atoms with E-state index in [1.807, 2.05) is 14.1 Å². The highest BCUT2D eigenvalue weighted by Gasteiger charge is 2.33. The smallest absolute Gasteiger partial charge is 0.243 e. The van der Waals surface area contributed by atoms with Crippen molar-refractivity contribution < 1.29 is 13.5 Å². The largest absolute Gasteiger partial charge is 0.384 e. The van der Waals surface area contributed by atoms with Crippen LogP contribution in [0.3, 0.4) is 0 Å². The fourth-order valence-corrected chi connectivity index (χ4v) is 3.91. The summed E-state index contributed by atoms with van der Waals surface area (Å²) in [5, 5.41) is 8.71. The Labute approximate surface area is 126 Å². The number of sulfonamides is 1. The zero-order chi connectivity index (χ0) is 15.5. The first-order valence-corrected chi connectivity index (χ1v) is 8.25. The summed E-state index contributed by atoms with van der Waals surface area (Å²) in [5.74, 6) is 5.26. The number of hydrogen-bond acceptors (Lipinski definition) is 4. The van der Waals surface area contributed by atoms with Crippen molar-refractivity contribution in [1.82, 2.24) is 9.21 Å². The van der Waals surface area contributed by atoms with E-state index in [2.05, 4.69) is 16.7 Å². The molecule has 1 aliphatic heterocycles. The van der Waals surface area contributed by atoms with E-state index in [4.69, 9.17) is 5.11 Å². The second-order valence-corrected chi connectivity index (χ2v) is 7.19. The molecule has 0 spiro atoms. The van der Waals surface area contributed by atoms with E-state index in [-0.39, 0.29) is 17.5 Å². The molecule has 0 amide bonds. The first kappa shape index (κ1) is 16.0. The molecule has 1 aliphatic rings. The Bertz CT molecular complexity index is 659. The second kappa shape index (κ2) is 6.58. The third kappa shape index (κ3) is 3.63. The average Bonchev–Trinajstić information content (AvgIpc) is 2.96. The predicted octanol–water partition coefficient (Wildman–Crippen LogP) is 0.355. The van der Waals surface area contributed by atoms with Gasteiger partial charge in [0.05, 0.1) is 4.90 Å². The quantitative estimate of drug-likeness (QED) is 0.819. The van der Waals surface area contributed by atoms with Crippen molar-refractivity contribution in [2.24, 2.45) is 0 Å². The number of benzene rings is 1. The molecular formula is C15H20N2O3S. The summed E-state index contributed by atoms with van der Waals surface area (Å²) in [6.45, 7) is 0.813. The Morgan fingerprint density at radius 1 is 1.43 bits per heavy atom. The molecule has 1 N–H and O–H groups in total. The first-order valence-electron chi connectivity index (χ1n) is 6.81. The fourth-order valence-electron chi connectivity index (χ4n) is 2.38. The van der Waals surface area contributed by atoms with Crippen molar-refractivity contribution in [3.05, 3.63) is 29.8 Å². The van der Waals surface area contributed by atoms with Gasteiger partial charge in [0.15, 0.2) is 0 Å². The normalized spacial score (nSPS) is 19.5. The minimum absolute atomic E-state index is 0.242. The molecule has 0 aromatic heterocycles. The van der Waals surface area contributed by atoms with Gasteiger partial charge in [0.1, 0.15) is 6.61 Å². The van der Waals surface area contributed by atoms with Crippen LogP contribution in [0.15, 0.2) is 29.2 Å². The molecule has 21 heavy (non-hydrogen) atoms. The maximum Gasteiger partial charge on any atom is 0.243 e. The van der Waals surface area contributed by atoms with Crippen LogP contribution in [-0.4, -0.2) is 62.6 Å². The SMILES string of the molecule is CN(C)C1CCN(S(=O)(=O)c2cccc(C#CCO)c2)C1. The minimum atomic E-state index is -3.48. The van der Waals surface area contributed by atoms with Gasteiger partial charge in [0.2, 0.25) is 10.0 Å². The van der Waals surface area contributed by atoms with Crippen LogP contribution in [-0.2, 0) is 10.0 Å². The Balaban J connectivity index is 2.24. The van der Waals surface area contributed by atoms with E-state index in [9.17, 15) is 8.42 Å². The van der Waals surface area contributed by atoms with Crippen molar-refractivity contribution in [2.75, 3.05) is 33.8 Å². The third-order valence-electron chi connectivity index (χ3n) is 3.64. The van der Waals surface area contributed by atoms with Gasteiger partial charge < -0.3 is 10.0 Å². The van der Waals surface area contributed by atoms with E-state index in [0.29, 0.717) is 18.7 Å². The topological polar surface area (TPSA) is 60.9 Å². The van der Waals surface area contributed by atoms with Gasteiger partial charge in [-0.15, -0.1) is 0 Å². The molecule has 6 heteroatoms. The summed E-state index contributed by atoms with van der Waals surface area (Å²) in [4.78, 5) is 2.31. The molecule has 1 heterocycles. The second-order valence-electron chi connectivity index (χ2n) is 5.26. The van der Waals surface area contributed by atoms with E-state index in [1.54, 1.807) is 24.3 Å². The summed E-state index contributed by atoms with van der Waals surface area (Å²) in [7, 11) is 0.452. The Kier molecular flexibility index (Phi) is 5.01. The lowest BCUT2D eigenvalue weighted by Crippen LogP contribution is -2.34. The maximum absolute atomic E-state index is 12.6. The Morgan fingerprint density at radius 3 is 2.81 bits per heavy atom. The molecule has 1 aromatic carbocycles. The van der Waals surface area contributed by atoms with Crippen LogP contribution >= 0.6 is 0 Å². The van der Waals surface area contributed by atoms with Gasteiger partial charge in [-0.25, -0.2) is 8.42 Å². The highest BCUT2D eigenvalue weighted by Crippen LogP contribution is 2.23. The lowest BCUT2D eigenvalue weighted by Gasteiger charge is -2.20. The molecule has 1 atom stereocenters. The summed E-state index contributed by atoms with van der Waals surface area (Å²) >= 11 is 0. The van der Waals surface area contributed by atoms with Crippen LogP contribution in [0.2, 0.25) is 0 Å². The molecule has 0 saturated carbocycles. The Morgan fingerprint density at radius 2 is 2.19 bits per heavy atom. The molecule has 0 bridgehead atoms. The van der Waals surface area contributed by atoms with Crippen LogP contribution in [0.4, 0.5) is 0 Å². The van der Waals surface area contributed by atoms with Crippen molar-refractivity contribution in [1.29, 1.82) is 0 Å². The highest BCUT2D eigenvalue weighted by atomic mass is 32.2. The molecular weight excluding hydrogens is 288 g/mol. The van der Waals surface area contributed by atoms with Gasteiger partial charge in [-0.3, -0.25) is 0 Å². The van der Waals surface area contributed by atoms with Gasteiger partial charge in [0, 0.05) is 24.7 Å². The van der Waals surface area contributed by atoms with E-state index in [0.717, 1.165) is 6.42 Å². The lowest BCUT2D eigenvalue weighted by molar-refractivity contribution is 0.302. The van der Waals surface area contributed by atoms with Crippen LogP contribution in [0, 0.1) is 11.8 Å². The molecule has 1 unspecified atom stereocenters. The number of aliphatic hydroxyl groups is 1. The van der Waals surface area contributed by atoms with E-state index < -0.39 is 10.0 Å². The van der Waals surface area contributed by atoms with E-state index >= 15 is 0 Å². The predicted molar refractivity (Wildman–Crippen MR) is 81.3 cm³/mol. The third-order valence-corrected chi connectivity index (χ3v) is 5.50. The van der Waals surface area contributed by atoms with Crippen molar-refractivity contribution in [2.45, 2.75) is 17.4 Å². The fraction of sp³-hybridized carbons (Fsp3) is 0.467. The van der Waals surface area contributed by atoms with Crippen molar-refractivity contribution >= 4 is 10.0 Å². The highest BCUT2D eigenvalue weighted by molar-refractivity contribution is 7.89. The van der Waals surface area contributed by atoms with Gasteiger partial charge in [-0.05, 0) is 38.7 Å². The summed E-state index contributed by atoms with van der Waals surface area (Å²) in [6.07, 6.45) is 0.843. The van der Waals surface area contributed by atoms with Crippen LogP contribution in [0.1, 0.15) is 12.0 Å². The van der Waals surface area contributed by atoms with Crippen LogP contribution in [0.5, 0.6) is 0 Å². The number of likely N-dealkylation sites (N-methyl/N-ethyl adjacent to an activating group) is 1. The minimum Gasteiger partial charge on any atom is -0.384 e. The van der Waals surface area contributed by atoms with Gasteiger partial charge in [0.25, 0.3) is 0 Å². The van der Waals surface area contributed by atoms with Crippen LogP contribution in [0.25, 0.3) is 0 Å². The van der Waals surface area contributed by atoms with Crippen LogP contribution < -0.4 is 0 Å². The molecule has 2 rings (SSSR count). The van der Waals surface area contributed by atoms with Gasteiger partial charge >= 0.3 is 0 Å². The number of nitrogens with zero attached hydrogens (tertiary/aromatic N) is 2. The first-order chi connectivity index (χ1) is 9.95. The standard InChI is InChI=1S/C15H20N2O3S/c1-16(2)14-8-9-17(12-14)21(19,20)15-7-3-5-13(11-15)6-4-10-18/h3,5,7,11,14,18H,8-10,12H2,1-2H3. The zero-order valence-electron chi connectivity index (χ0n) is 12.3. The lowest BCUT2D eigenvalue weighted by atomic mass is 10.2. The number of aliphatic hydroxyl groups excluding tert-OH is 1. The Hall–Kier alpha value is -1.39. The molecule has 1 saturated heterocycles. The molecule has 0 aliphatic carbocycles. The maximum atomic E-state index is 12.6.